The van der Waals surface area contributed by atoms with E-state index < -0.39 is 9.85 Å². The molecule has 0 aliphatic carbocycles. The van der Waals surface area contributed by atoms with Crippen LogP contribution in [0.5, 0.6) is 0 Å². The first-order valence-corrected chi connectivity index (χ1v) is 10.7. The van der Waals surface area contributed by atoms with E-state index in [1.54, 1.807) is 32.9 Å². The summed E-state index contributed by atoms with van der Waals surface area (Å²) < 4.78 is 10.2. The molecule has 0 N–H and O–H groups in total. The third kappa shape index (κ3) is 4.70. The van der Waals surface area contributed by atoms with Gasteiger partial charge in [0.25, 0.3) is 0 Å². The van der Waals surface area contributed by atoms with Crippen LogP contribution in [-0.2, 0) is 12.4 Å². The van der Waals surface area contributed by atoms with Crippen LogP contribution in [0.3, 0.4) is 0 Å². The lowest BCUT2D eigenvalue weighted by molar-refractivity contribution is -0.386. The number of nitrogens with zero attached hydrogens (tertiary/aromatic N) is 10. The van der Waals surface area contributed by atoms with Crippen molar-refractivity contribution in [3.8, 4) is 0 Å². The topological polar surface area (TPSA) is 178 Å². The Hall–Kier alpha value is -4.34. The second-order valence-corrected chi connectivity index (χ2v) is 8.00. The lowest BCUT2D eigenvalue weighted by Crippen LogP contribution is -2.02. The van der Waals surface area contributed by atoms with Gasteiger partial charge < -0.3 is 4.42 Å². The number of aromatic nitrogens is 7. The highest BCUT2D eigenvalue weighted by molar-refractivity contribution is 7.98. The molecule has 0 aromatic carbocycles. The molecule has 0 saturated heterocycles. The zero-order valence-electron chi connectivity index (χ0n) is 18.2. The number of nitro groups is 2. The van der Waals surface area contributed by atoms with Crippen molar-refractivity contribution in [1.29, 1.82) is 0 Å². The Bertz CT molecular complexity index is 1400. The van der Waals surface area contributed by atoms with E-state index in [1.807, 2.05) is 0 Å². The van der Waals surface area contributed by atoms with Crippen LogP contribution >= 0.6 is 11.8 Å². The highest BCUT2D eigenvalue weighted by Gasteiger charge is 2.22. The Kier molecular flexibility index (Phi) is 6.22. The van der Waals surface area contributed by atoms with Crippen molar-refractivity contribution in [3.63, 3.8) is 0 Å². The van der Waals surface area contributed by atoms with Crippen molar-refractivity contribution in [2.45, 2.75) is 38.3 Å². The molecule has 4 aromatic rings. The van der Waals surface area contributed by atoms with Gasteiger partial charge in [0.05, 0.1) is 28.5 Å². The van der Waals surface area contributed by atoms with Crippen LogP contribution < -0.4 is 0 Å². The molecule has 0 aliphatic rings. The Morgan fingerprint density at radius 1 is 1.18 bits per heavy atom. The summed E-state index contributed by atoms with van der Waals surface area (Å²) in [5.41, 5.74) is 0.690. The van der Waals surface area contributed by atoms with Gasteiger partial charge in [0, 0.05) is 0 Å². The summed E-state index contributed by atoms with van der Waals surface area (Å²) in [7, 11) is 0. The standard InChI is InChI=1S/C18H18N10O5S/c1-11-17(28(31)32)12(2)25(23-11)10-34-18-22-21-13(3)26(18)20-7-15-4-5-16(33-15)9-24-8-14(6-19-24)27(29)30/h4-8H,9-10H2,1-3H3. The van der Waals surface area contributed by atoms with E-state index in [9.17, 15) is 20.2 Å². The van der Waals surface area contributed by atoms with E-state index in [2.05, 4.69) is 25.5 Å². The maximum atomic E-state index is 11.2. The summed E-state index contributed by atoms with van der Waals surface area (Å²) in [4.78, 5) is 21.0. The molecular formula is C18H18N10O5S. The molecule has 0 amide bonds. The van der Waals surface area contributed by atoms with Gasteiger partial charge in [0.15, 0.2) is 5.82 Å². The van der Waals surface area contributed by atoms with Crippen molar-refractivity contribution in [3.05, 3.63) is 73.5 Å². The number of aryl methyl sites for hydroxylation is 2. The van der Waals surface area contributed by atoms with Crippen LogP contribution in [0.1, 0.15) is 28.7 Å². The van der Waals surface area contributed by atoms with Crippen LogP contribution in [0.25, 0.3) is 0 Å². The summed E-state index contributed by atoms with van der Waals surface area (Å²) in [5, 5.41) is 43.1. The highest BCUT2D eigenvalue weighted by atomic mass is 32.2. The van der Waals surface area contributed by atoms with E-state index in [4.69, 9.17) is 4.42 Å². The molecule has 4 heterocycles. The van der Waals surface area contributed by atoms with Gasteiger partial charge >= 0.3 is 11.4 Å². The van der Waals surface area contributed by atoms with Crippen molar-refractivity contribution in [2.24, 2.45) is 5.10 Å². The number of thioether (sulfide) groups is 1. The predicted octanol–water partition coefficient (Wildman–Crippen LogP) is 2.69. The lowest BCUT2D eigenvalue weighted by atomic mass is 10.3. The van der Waals surface area contributed by atoms with Crippen molar-refractivity contribution in [2.75, 3.05) is 0 Å². The average molecular weight is 486 g/mol. The zero-order valence-corrected chi connectivity index (χ0v) is 19.0. The summed E-state index contributed by atoms with van der Waals surface area (Å²) in [6.45, 7) is 5.20. The Morgan fingerprint density at radius 2 is 1.97 bits per heavy atom. The maximum absolute atomic E-state index is 11.2. The molecule has 0 fully saturated rings. The molecule has 15 nitrogen and oxygen atoms in total. The minimum absolute atomic E-state index is 0.00499. The molecule has 176 valence electrons. The summed E-state index contributed by atoms with van der Waals surface area (Å²) in [6, 6.07) is 3.43. The molecular weight excluding hydrogens is 468 g/mol. The van der Waals surface area contributed by atoms with Crippen LogP contribution in [0, 0.1) is 41.0 Å². The maximum Gasteiger partial charge on any atom is 0.312 e. The third-order valence-electron chi connectivity index (χ3n) is 4.74. The first kappa shape index (κ1) is 22.8. The highest BCUT2D eigenvalue weighted by Crippen LogP contribution is 2.25. The minimum Gasteiger partial charge on any atom is -0.458 e. The van der Waals surface area contributed by atoms with Crippen LogP contribution in [0.15, 0.2) is 39.2 Å². The van der Waals surface area contributed by atoms with Gasteiger partial charge in [-0.05, 0) is 32.9 Å². The molecule has 0 atom stereocenters. The molecule has 0 aliphatic heterocycles. The number of rotatable bonds is 9. The fourth-order valence-electron chi connectivity index (χ4n) is 3.11. The minimum atomic E-state index is -0.517. The largest absolute Gasteiger partial charge is 0.458 e. The molecule has 0 bridgehead atoms. The summed E-state index contributed by atoms with van der Waals surface area (Å²) in [6.07, 6.45) is 3.98. The first-order chi connectivity index (χ1) is 16.2. The molecule has 0 radical (unpaired) electrons. The zero-order chi connectivity index (χ0) is 24.4. The SMILES string of the molecule is Cc1nn(CSc2nnc(C)n2N=Cc2ccc(Cn3cc([N+](=O)[O-])cn3)o2)c(C)c1[N+](=O)[O-]. The normalized spacial score (nSPS) is 11.5. The van der Waals surface area contributed by atoms with Crippen LogP contribution in [0.4, 0.5) is 11.4 Å². The van der Waals surface area contributed by atoms with Crippen molar-refractivity contribution in [1.82, 2.24) is 34.4 Å². The molecule has 4 aromatic heterocycles. The van der Waals surface area contributed by atoms with Crippen molar-refractivity contribution >= 4 is 29.4 Å². The average Bonchev–Trinajstić information content (AvgIpc) is 3.54. The van der Waals surface area contributed by atoms with Gasteiger partial charge in [-0.2, -0.15) is 20.0 Å². The lowest BCUT2D eigenvalue weighted by Gasteiger charge is -2.03. The number of furan rings is 1. The molecule has 16 heteroatoms. The second kappa shape index (κ2) is 9.26. The van der Waals surface area contributed by atoms with Gasteiger partial charge in [-0.3, -0.25) is 29.6 Å². The molecule has 0 unspecified atom stereocenters. The Labute approximate surface area is 195 Å². The summed E-state index contributed by atoms with van der Waals surface area (Å²) >= 11 is 1.27. The summed E-state index contributed by atoms with van der Waals surface area (Å²) in [5.74, 6) is 1.82. The quantitative estimate of drug-likeness (QED) is 0.148. The first-order valence-electron chi connectivity index (χ1n) is 9.76. The second-order valence-electron chi connectivity index (χ2n) is 7.09. The molecule has 0 spiro atoms. The monoisotopic (exact) mass is 486 g/mol. The van der Waals surface area contributed by atoms with Gasteiger partial charge in [-0.1, -0.05) is 11.8 Å². The number of hydrogen-bond donors (Lipinski definition) is 0. The van der Waals surface area contributed by atoms with E-state index in [0.717, 1.165) is 0 Å². The van der Waals surface area contributed by atoms with Gasteiger partial charge in [0.1, 0.15) is 35.3 Å². The van der Waals surface area contributed by atoms with E-state index >= 15 is 0 Å². The van der Waals surface area contributed by atoms with E-state index in [0.29, 0.717) is 33.9 Å². The fourth-order valence-corrected chi connectivity index (χ4v) is 4.00. The van der Waals surface area contributed by atoms with Gasteiger partial charge in [0.2, 0.25) is 5.16 Å². The number of hydrogen-bond acceptors (Lipinski definition) is 11. The Balaban J connectivity index is 1.45. The smallest absolute Gasteiger partial charge is 0.312 e. The predicted molar refractivity (Wildman–Crippen MR) is 119 cm³/mol. The van der Waals surface area contributed by atoms with Crippen molar-refractivity contribution < 1.29 is 14.3 Å². The van der Waals surface area contributed by atoms with Gasteiger partial charge in [-0.25, -0.2) is 0 Å². The van der Waals surface area contributed by atoms with E-state index in [1.165, 1.54) is 44.4 Å². The van der Waals surface area contributed by atoms with E-state index in [-0.39, 0.29) is 23.8 Å². The molecule has 34 heavy (non-hydrogen) atoms. The van der Waals surface area contributed by atoms with Crippen LogP contribution in [-0.4, -0.2) is 50.5 Å². The molecule has 0 saturated carbocycles. The Morgan fingerprint density at radius 3 is 2.65 bits per heavy atom. The fraction of sp³-hybridized carbons (Fsp3) is 0.278. The van der Waals surface area contributed by atoms with Gasteiger partial charge in [-0.15, -0.1) is 10.2 Å². The third-order valence-corrected chi connectivity index (χ3v) is 5.63. The van der Waals surface area contributed by atoms with Crippen LogP contribution in [0.2, 0.25) is 0 Å². The molecule has 4 rings (SSSR count).